The fourth-order valence-corrected chi connectivity index (χ4v) is 2.84. The van der Waals surface area contributed by atoms with E-state index in [1.165, 1.54) is 0 Å². The average molecular weight is 327 g/mol. The summed E-state index contributed by atoms with van der Waals surface area (Å²) < 4.78 is 11.2. The van der Waals surface area contributed by atoms with Gasteiger partial charge in [0.15, 0.2) is 0 Å². The summed E-state index contributed by atoms with van der Waals surface area (Å²) in [5, 5.41) is 0. The van der Waals surface area contributed by atoms with Gasteiger partial charge in [-0.25, -0.2) is 4.98 Å². The first-order valence-corrected chi connectivity index (χ1v) is 8.06. The lowest BCUT2D eigenvalue weighted by molar-refractivity contribution is 0.0584. The number of benzene rings is 1. The number of methoxy groups -OCH3 is 1. The molecule has 0 aliphatic carbocycles. The van der Waals surface area contributed by atoms with E-state index in [1.807, 2.05) is 24.0 Å². The van der Waals surface area contributed by atoms with E-state index >= 15 is 0 Å². The minimum atomic E-state index is 0.00350. The molecule has 6 heteroatoms. The Morgan fingerprint density at radius 3 is 2.67 bits per heavy atom. The van der Waals surface area contributed by atoms with Gasteiger partial charge in [0.05, 0.1) is 12.7 Å². The van der Waals surface area contributed by atoms with E-state index in [2.05, 4.69) is 9.97 Å². The normalized spacial score (nSPS) is 15.2. The van der Waals surface area contributed by atoms with Gasteiger partial charge in [0.25, 0.3) is 5.91 Å². The maximum absolute atomic E-state index is 12.7. The molecule has 0 saturated carbocycles. The van der Waals surface area contributed by atoms with Crippen LogP contribution in [0.2, 0.25) is 0 Å². The largest absolute Gasteiger partial charge is 0.496 e. The lowest BCUT2D eigenvalue weighted by atomic mass is 10.1. The van der Waals surface area contributed by atoms with Gasteiger partial charge in [0, 0.05) is 38.2 Å². The van der Waals surface area contributed by atoms with Crippen molar-refractivity contribution in [2.24, 2.45) is 0 Å². The molecule has 0 N–H and O–H groups in total. The van der Waals surface area contributed by atoms with Crippen molar-refractivity contribution in [3.05, 3.63) is 47.9 Å². The Morgan fingerprint density at radius 1 is 1.21 bits per heavy atom. The fraction of sp³-hybridized carbons (Fsp3) is 0.389. The quantitative estimate of drug-likeness (QED) is 0.863. The Hall–Kier alpha value is -2.63. The van der Waals surface area contributed by atoms with Crippen molar-refractivity contribution in [2.75, 3.05) is 20.2 Å². The van der Waals surface area contributed by atoms with Crippen LogP contribution in [0.4, 0.5) is 0 Å². The molecule has 1 aromatic carbocycles. The van der Waals surface area contributed by atoms with Gasteiger partial charge in [-0.15, -0.1) is 0 Å². The van der Waals surface area contributed by atoms with Gasteiger partial charge < -0.3 is 14.4 Å². The molecule has 0 radical (unpaired) electrons. The second kappa shape index (κ2) is 7.29. The Bertz CT molecular complexity index is 712. The van der Waals surface area contributed by atoms with E-state index in [4.69, 9.17) is 9.47 Å². The van der Waals surface area contributed by atoms with Gasteiger partial charge in [-0.2, -0.15) is 4.98 Å². The number of para-hydroxylation sites is 1. The summed E-state index contributed by atoms with van der Waals surface area (Å²) >= 11 is 0. The number of aromatic nitrogens is 2. The van der Waals surface area contributed by atoms with Gasteiger partial charge in [0.2, 0.25) is 5.88 Å². The van der Waals surface area contributed by atoms with E-state index in [-0.39, 0.29) is 12.0 Å². The maximum atomic E-state index is 12.7. The summed E-state index contributed by atoms with van der Waals surface area (Å²) in [6, 6.07) is 9.08. The molecule has 1 fully saturated rings. The third-order valence-corrected chi connectivity index (χ3v) is 4.10. The number of aryl methyl sites for hydroxylation is 1. The van der Waals surface area contributed by atoms with Crippen LogP contribution in [0, 0.1) is 6.92 Å². The van der Waals surface area contributed by atoms with Crippen molar-refractivity contribution in [2.45, 2.75) is 25.9 Å². The van der Waals surface area contributed by atoms with Crippen molar-refractivity contribution in [1.29, 1.82) is 0 Å². The summed E-state index contributed by atoms with van der Waals surface area (Å²) in [5.41, 5.74) is 0.603. The van der Waals surface area contributed by atoms with Crippen molar-refractivity contribution >= 4 is 5.91 Å². The van der Waals surface area contributed by atoms with E-state index in [0.717, 1.165) is 12.8 Å². The van der Waals surface area contributed by atoms with E-state index in [1.54, 1.807) is 31.5 Å². The first-order chi connectivity index (χ1) is 11.7. The summed E-state index contributed by atoms with van der Waals surface area (Å²) in [7, 11) is 1.58. The number of piperidine rings is 1. The fourth-order valence-electron chi connectivity index (χ4n) is 2.84. The Balaban J connectivity index is 1.59. The zero-order chi connectivity index (χ0) is 16.9. The van der Waals surface area contributed by atoms with Crippen molar-refractivity contribution in [3.63, 3.8) is 0 Å². The number of hydrogen-bond acceptors (Lipinski definition) is 5. The Labute approximate surface area is 141 Å². The smallest absolute Gasteiger partial charge is 0.257 e. The predicted molar refractivity (Wildman–Crippen MR) is 89.3 cm³/mol. The zero-order valence-electron chi connectivity index (χ0n) is 13.9. The second-order valence-electron chi connectivity index (χ2n) is 5.75. The number of carbonyl (C=O) groups excluding carboxylic acids is 1. The molecule has 126 valence electrons. The van der Waals surface area contributed by atoms with Crippen LogP contribution in [-0.2, 0) is 0 Å². The molecule has 1 aliphatic heterocycles. The molecular formula is C18H21N3O3. The second-order valence-corrected chi connectivity index (χ2v) is 5.75. The van der Waals surface area contributed by atoms with Crippen LogP contribution in [0.5, 0.6) is 11.6 Å². The van der Waals surface area contributed by atoms with E-state index in [0.29, 0.717) is 36.1 Å². The zero-order valence-corrected chi connectivity index (χ0v) is 13.9. The molecule has 2 aromatic rings. The molecule has 6 nitrogen and oxygen atoms in total. The SMILES string of the molecule is COc1ccccc1C(=O)N1CCC(Oc2ccnc(C)n2)CC1. The summed E-state index contributed by atoms with van der Waals surface area (Å²) in [4.78, 5) is 22.8. The number of carbonyl (C=O) groups is 1. The van der Waals surface area contributed by atoms with Crippen LogP contribution in [0.15, 0.2) is 36.5 Å². The Kier molecular flexibility index (Phi) is 4.93. The minimum Gasteiger partial charge on any atom is -0.496 e. The molecule has 0 unspecified atom stereocenters. The molecule has 0 bridgehead atoms. The number of likely N-dealkylation sites (tertiary alicyclic amines) is 1. The van der Waals surface area contributed by atoms with E-state index < -0.39 is 0 Å². The molecule has 1 aliphatic rings. The highest BCUT2D eigenvalue weighted by molar-refractivity contribution is 5.97. The molecule has 2 heterocycles. The van der Waals surface area contributed by atoms with Crippen LogP contribution >= 0.6 is 0 Å². The van der Waals surface area contributed by atoms with Crippen LogP contribution in [0.1, 0.15) is 29.0 Å². The molecule has 0 atom stereocenters. The topological polar surface area (TPSA) is 64.5 Å². The van der Waals surface area contributed by atoms with E-state index in [9.17, 15) is 4.79 Å². The predicted octanol–water partition coefficient (Wildman–Crippen LogP) is 2.48. The van der Waals surface area contributed by atoms with Crippen LogP contribution in [0.3, 0.4) is 0 Å². The number of nitrogens with zero attached hydrogens (tertiary/aromatic N) is 3. The van der Waals surface area contributed by atoms with Crippen LogP contribution < -0.4 is 9.47 Å². The van der Waals surface area contributed by atoms with Gasteiger partial charge in [-0.3, -0.25) is 4.79 Å². The first kappa shape index (κ1) is 16.2. The molecule has 24 heavy (non-hydrogen) atoms. The molecule has 3 rings (SSSR count). The van der Waals surface area contributed by atoms with Crippen molar-refractivity contribution < 1.29 is 14.3 Å². The summed E-state index contributed by atoms with van der Waals surface area (Å²) in [6.45, 7) is 3.15. The molecule has 1 amide bonds. The molecular weight excluding hydrogens is 306 g/mol. The highest BCUT2D eigenvalue weighted by Crippen LogP contribution is 2.23. The molecule has 0 spiro atoms. The van der Waals surface area contributed by atoms with Gasteiger partial charge in [-0.1, -0.05) is 12.1 Å². The van der Waals surface area contributed by atoms with Crippen molar-refractivity contribution in [1.82, 2.24) is 14.9 Å². The summed E-state index contributed by atoms with van der Waals surface area (Å²) in [5.74, 6) is 1.90. The summed E-state index contributed by atoms with van der Waals surface area (Å²) in [6.07, 6.45) is 3.33. The minimum absolute atomic E-state index is 0.00350. The van der Waals surface area contributed by atoms with Gasteiger partial charge in [0.1, 0.15) is 17.7 Å². The first-order valence-electron chi connectivity index (χ1n) is 8.06. The number of amides is 1. The maximum Gasteiger partial charge on any atom is 0.257 e. The number of ether oxygens (including phenoxy) is 2. The highest BCUT2D eigenvalue weighted by Gasteiger charge is 2.26. The molecule has 1 saturated heterocycles. The number of rotatable bonds is 4. The third kappa shape index (κ3) is 3.64. The number of hydrogen-bond donors (Lipinski definition) is 0. The Morgan fingerprint density at radius 2 is 1.96 bits per heavy atom. The molecule has 1 aromatic heterocycles. The lowest BCUT2D eigenvalue weighted by Gasteiger charge is -2.32. The van der Waals surface area contributed by atoms with Crippen LogP contribution in [0.25, 0.3) is 0 Å². The van der Waals surface area contributed by atoms with Crippen molar-refractivity contribution in [3.8, 4) is 11.6 Å². The third-order valence-electron chi connectivity index (χ3n) is 4.10. The monoisotopic (exact) mass is 327 g/mol. The van der Waals surface area contributed by atoms with Crippen LogP contribution in [-0.4, -0.2) is 47.1 Å². The van der Waals surface area contributed by atoms with Gasteiger partial charge in [-0.05, 0) is 19.1 Å². The van der Waals surface area contributed by atoms with Gasteiger partial charge >= 0.3 is 0 Å². The standard InChI is InChI=1S/C18H21N3O3/c1-13-19-10-7-17(20-13)24-14-8-11-21(12-9-14)18(22)15-5-3-4-6-16(15)23-2/h3-7,10,14H,8-9,11-12H2,1-2H3. The highest BCUT2D eigenvalue weighted by atomic mass is 16.5. The average Bonchev–Trinajstić information content (AvgIpc) is 2.62. The lowest BCUT2D eigenvalue weighted by Crippen LogP contribution is -2.42.